The van der Waals surface area contributed by atoms with Gasteiger partial charge in [0.05, 0.1) is 12.6 Å². The molecule has 0 saturated carbocycles. The second kappa shape index (κ2) is 7.19. The highest BCUT2D eigenvalue weighted by atomic mass is 16.5. The van der Waals surface area contributed by atoms with Crippen molar-refractivity contribution in [3.63, 3.8) is 0 Å². The van der Waals surface area contributed by atoms with Crippen molar-refractivity contribution in [1.82, 2.24) is 14.7 Å². The molecule has 2 aromatic carbocycles. The summed E-state index contributed by atoms with van der Waals surface area (Å²) in [5.41, 5.74) is 0.999. The first kappa shape index (κ1) is 17.8. The molecule has 0 bridgehead atoms. The van der Waals surface area contributed by atoms with E-state index in [0.29, 0.717) is 34.6 Å². The number of benzene rings is 2. The molecule has 4 rings (SSSR count). The van der Waals surface area contributed by atoms with Gasteiger partial charge in [-0.2, -0.15) is 4.98 Å². The second-order valence-electron chi connectivity index (χ2n) is 6.35. The SMILES string of the molecule is CCCn1c(=O)c(-c2nc(-c3cccc(OC)c3)no2)c(O)c2ccccc21. The Morgan fingerprint density at radius 1 is 1.18 bits per heavy atom. The van der Waals surface area contributed by atoms with Crippen LogP contribution in [-0.2, 0) is 6.54 Å². The van der Waals surface area contributed by atoms with Crippen LogP contribution in [0.2, 0.25) is 0 Å². The van der Waals surface area contributed by atoms with E-state index in [9.17, 15) is 9.90 Å². The van der Waals surface area contributed by atoms with Crippen LogP contribution in [0.5, 0.6) is 11.5 Å². The Bertz CT molecular complexity index is 1210. The van der Waals surface area contributed by atoms with E-state index in [-0.39, 0.29) is 22.8 Å². The molecule has 0 amide bonds. The van der Waals surface area contributed by atoms with Crippen LogP contribution in [0.3, 0.4) is 0 Å². The molecule has 0 aliphatic rings. The summed E-state index contributed by atoms with van der Waals surface area (Å²) in [5, 5.41) is 15.3. The molecule has 142 valence electrons. The summed E-state index contributed by atoms with van der Waals surface area (Å²) in [6.45, 7) is 2.50. The lowest BCUT2D eigenvalue weighted by Gasteiger charge is -2.12. The molecule has 0 spiro atoms. The Balaban J connectivity index is 1.90. The van der Waals surface area contributed by atoms with E-state index in [0.717, 1.165) is 6.42 Å². The number of aromatic hydroxyl groups is 1. The smallest absolute Gasteiger partial charge is 0.267 e. The quantitative estimate of drug-likeness (QED) is 0.568. The number of nitrogens with zero attached hydrogens (tertiary/aromatic N) is 3. The highest BCUT2D eigenvalue weighted by Crippen LogP contribution is 2.33. The summed E-state index contributed by atoms with van der Waals surface area (Å²) in [6.07, 6.45) is 0.771. The summed E-state index contributed by atoms with van der Waals surface area (Å²) in [7, 11) is 1.57. The minimum atomic E-state index is -0.362. The number of aryl methyl sites for hydroxylation is 1. The fourth-order valence-corrected chi connectivity index (χ4v) is 3.23. The van der Waals surface area contributed by atoms with Gasteiger partial charge >= 0.3 is 0 Å². The molecular weight excluding hydrogens is 358 g/mol. The molecule has 2 heterocycles. The van der Waals surface area contributed by atoms with Gasteiger partial charge in [0.15, 0.2) is 0 Å². The van der Waals surface area contributed by atoms with Crippen LogP contribution in [0.15, 0.2) is 57.8 Å². The van der Waals surface area contributed by atoms with Gasteiger partial charge in [-0.25, -0.2) is 0 Å². The molecule has 0 fully saturated rings. The van der Waals surface area contributed by atoms with Gasteiger partial charge in [0, 0.05) is 17.5 Å². The first-order valence-corrected chi connectivity index (χ1v) is 8.97. The van der Waals surface area contributed by atoms with Gasteiger partial charge in [-0.05, 0) is 30.7 Å². The van der Waals surface area contributed by atoms with Gasteiger partial charge in [-0.3, -0.25) is 4.79 Å². The lowest BCUT2D eigenvalue weighted by Crippen LogP contribution is -2.22. The minimum absolute atomic E-state index is 0.00814. The summed E-state index contributed by atoms with van der Waals surface area (Å²) in [5.74, 6) is 0.787. The number of aromatic nitrogens is 3. The molecule has 0 unspecified atom stereocenters. The highest BCUT2D eigenvalue weighted by Gasteiger charge is 2.22. The largest absolute Gasteiger partial charge is 0.506 e. The monoisotopic (exact) mass is 377 g/mol. The third-order valence-corrected chi connectivity index (χ3v) is 4.56. The van der Waals surface area contributed by atoms with Crippen molar-refractivity contribution in [1.29, 1.82) is 0 Å². The van der Waals surface area contributed by atoms with Crippen LogP contribution in [0, 0.1) is 0 Å². The number of para-hydroxylation sites is 1. The molecule has 0 atom stereocenters. The molecule has 7 heteroatoms. The van der Waals surface area contributed by atoms with E-state index in [4.69, 9.17) is 9.26 Å². The lowest BCUT2D eigenvalue weighted by molar-refractivity contribution is 0.414. The van der Waals surface area contributed by atoms with Crippen LogP contribution < -0.4 is 10.3 Å². The van der Waals surface area contributed by atoms with E-state index in [2.05, 4.69) is 10.1 Å². The van der Waals surface area contributed by atoms with Crippen molar-refractivity contribution in [3.05, 3.63) is 58.9 Å². The van der Waals surface area contributed by atoms with E-state index < -0.39 is 0 Å². The van der Waals surface area contributed by atoms with Gasteiger partial charge in [-0.15, -0.1) is 0 Å². The molecule has 1 N–H and O–H groups in total. The van der Waals surface area contributed by atoms with Crippen molar-refractivity contribution in [2.75, 3.05) is 7.11 Å². The average molecular weight is 377 g/mol. The third-order valence-electron chi connectivity index (χ3n) is 4.56. The maximum Gasteiger partial charge on any atom is 0.267 e. The third kappa shape index (κ3) is 2.90. The van der Waals surface area contributed by atoms with E-state index in [1.54, 1.807) is 23.8 Å². The Hall–Kier alpha value is -3.61. The Labute approximate surface area is 160 Å². The van der Waals surface area contributed by atoms with Gasteiger partial charge in [-0.1, -0.05) is 36.3 Å². The summed E-state index contributed by atoms with van der Waals surface area (Å²) in [6, 6.07) is 14.4. The molecule has 0 aliphatic carbocycles. The zero-order valence-corrected chi connectivity index (χ0v) is 15.5. The van der Waals surface area contributed by atoms with Crippen LogP contribution in [0.25, 0.3) is 33.7 Å². The topological polar surface area (TPSA) is 90.4 Å². The van der Waals surface area contributed by atoms with Crippen LogP contribution >= 0.6 is 0 Å². The van der Waals surface area contributed by atoms with Crippen molar-refractivity contribution in [2.45, 2.75) is 19.9 Å². The zero-order chi connectivity index (χ0) is 19.7. The van der Waals surface area contributed by atoms with Crippen LogP contribution in [0.1, 0.15) is 13.3 Å². The number of pyridine rings is 1. The molecule has 0 radical (unpaired) electrons. The van der Waals surface area contributed by atoms with Gasteiger partial charge in [0.2, 0.25) is 5.82 Å². The predicted molar refractivity (Wildman–Crippen MR) is 105 cm³/mol. The molecule has 28 heavy (non-hydrogen) atoms. The summed E-state index contributed by atoms with van der Waals surface area (Å²) < 4.78 is 12.2. The minimum Gasteiger partial charge on any atom is -0.506 e. The lowest BCUT2D eigenvalue weighted by atomic mass is 10.1. The predicted octanol–water partition coefficient (Wildman–Crippen LogP) is 3.84. The molecule has 7 nitrogen and oxygen atoms in total. The molecule has 0 aliphatic heterocycles. The maximum atomic E-state index is 13.1. The Morgan fingerprint density at radius 3 is 2.79 bits per heavy atom. The van der Waals surface area contributed by atoms with E-state index >= 15 is 0 Å². The first-order chi connectivity index (χ1) is 13.6. The molecule has 4 aromatic rings. The fourth-order valence-electron chi connectivity index (χ4n) is 3.23. The molecule has 0 saturated heterocycles. The van der Waals surface area contributed by atoms with Crippen LogP contribution in [-0.4, -0.2) is 26.9 Å². The number of hydrogen-bond acceptors (Lipinski definition) is 6. The molecule has 2 aromatic heterocycles. The van der Waals surface area contributed by atoms with Crippen molar-refractivity contribution < 1.29 is 14.4 Å². The summed E-state index contributed by atoms with van der Waals surface area (Å²) in [4.78, 5) is 17.4. The second-order valence-corrected chi connectivity index (χ2v) is 6.35. The van der Waals surface area contributed by atoms with Crippen molar-refractivity contribution in [3.8, 4) is 34.3 Å². The van der Waals surface area contributed by atoms with Gasteiger partial charge in [0.25, 0.3) is 11.4 Å². The Kier molecular flexibility index (Phi) is 4.57. The average Bonchev–Trinajstić information content (AvgIpc) is 3.21. The first-order valence-electron chi connectivity index (χ1n) is 8.97. The Morgan fingerprint density at radius 2 is 2.00 bits per heavy atom. The zero-order valence-electron chi connectivity index (χ0n) is 15.5. The number of ether oxygens (including phenoxy) is 1. The number of hydrogen-bond donors (Lipinski definition) is 1. The highest BCUT2D eigenvalue weighted by molar-refractivity contribution is 5.91. The van der Waals surface area contributed by atoms with Crippen molar-refractivity contribution in [2.24, 2.45) is 0 Å². The van der Waals surface area contributed by atoms with E-state index in [1.165, 1.54) is 0 Å². The van der Waals surface area contributed by atoms with E-state index in [1.807, 2.05) is 43.3 Å². The maximum absolute atomic E-state index is 13.1. The van der Waals surface area contributed by atoms with Crippen molar-refractivity contribution >= 4 is 10.9 Å². The summed E-state index contributed by atoms with van der Waals surface area (Å²) >= 11 is 0. The standard InChI is InChI=1S/C21H19N3O4/c1-3-11-24-16-10-5-4-9-15(16)18(25)17(21(24)26)20-22-19(23-28-20)13-7-6-8-14(12-13)27-2/h4-10,12,25H,3,11H2,1-2H3. The number of rotatable bonds is 5. The molecular formula is C21H19N3O4. The van der Waals surface area contributed by atoms with Crippen LogP contribution in [0.4, 0.5) is 0 Å². The van der Waals surface area contributed by atoms with Gasteiger partial charge < -0.3 is 18.9 Å². The number of methoxy groups -OCH3 is 1. The number of fused-ring (bicyclic) bond motifs is 1. The normalized spacial score (nSPS) is 11.1. The fraction of sp³-hybridized carbons (Fsp3) is 0.190. The van der Waals surface area contributed by atoms with Gasteiger partial charge in [0.1, 0.15) is 17.1 Å².